The van der Waals surface area contributed by atoms with Gasteiger partial charge in [-0.15, -0.1) is 0 Å². The molecule has 0 saturated carbocycles. The molecule has 29 heavy (non-hydrogen) atoms. The van der Waals surface area contributed by atoms with Gasteiger partial charge in [0.2, 0.25) is 5.91 Å². The second-order valence-corrected chi connectivity index (χ2v) is 6.54. The van der Waals surface area contributed by atoms with Crippen molar-refractivity contribution in [3.63, 3.8) is 0 Å². The number of nitrogens with zero attached hydrogens (tertiary/aromatic N) is 2. The number of primary amides is 1. The van der Waals surface area contributed by atoms with Gasteiger partial charge in [-0.1, -0.05) is 12.1 Å². The molecule has 0 radical (unpaired) electrons. The minimum atomic E-state index is -0.427. The Hall–Kier alpha value is -4.07. The van der Waals surface area contributed by atoms with Crippen LogP contribution >= 0.6 is 0 Å². The molecule has 8 nitrogen and oxygen atoms in total. The number of carbonyl (C=O) groups is 1. The lowest BCUT2D eigenvalue weighted by Crippen LogP contribution is -2.32. The maximum Gasteiger partial charge on any atom is 0.237 e. The number of phenolic OH excluding ortho intramolecular Hbond substituents is 1. The smallest absolute Gasteiger partial charge is 0.237 e. The summed E-state index contributed by atoms with van der Waals surface area (Å²) in [6.07, 6.45) is 5.37. The number of carbonyl (C=O) groups excluding carboxylic acids is 1. The van der Waals surface area contributed by atoms with Gasteiger partial charge in [-0.25, -0.2) is 0 Å². The van der Waals surface area contributed by atoms with Crippen molar-refractivity contribution >= 4 is 17.3 Å². The van der Waals surface area contributed by atoms with E-state index >= 15 is 0 Å². The fourth-order valence-electron chi connectivity index (χ4n) is 3.18. The minimum Gasteiger partial charge on any atom is -0.507 e. The standard InChI is InChI=1S/C21H21N5O3/c1-29-15-8-6-14(7-9-15)23-21-20(16-4-2-3-5-17(16)27)24-19-13-25(12-18(22)28)10-11-26(19)21/h2-11,13,23-24,27H,12H2,1H3,(H2,22,28). The maximum atomic E-state index is 11.3. The lowest BCUT2D eigenvalue weighted by Gasteiger charge is -2.26. The number of methoxy groups -OCH3 is 1. The predicted octanol–water partition coefficient (Wildman–Crippen LogP) is 2.12. The number of nitrogens with one attached hydrogen (secondary N) is 2. The number of rotatable bonds is 6. The van der Waals surface area contributed by atoms with E-state index in [2.05, 4.69) is 10.6 Å². The van der Waals surface area contributed by atoms with Crippen LogP contribution in [0.1, 0.15) is 5.56 Å². The van der Waals surface area contributed by atoms with Crippen molar-refractivity contribution in [2.45, 2.75) is 0 Å². The first kappa shape index (κ1) is 18.3. The third kappa shape index (κ3) is 3.68. The quantitative estimate of drug-likeness (QED) is 0.598. The van der Waals surface area contributed by atoms with Gasteiger partial charge in [0.25, 0.3) is 0 Å². The number of fused-ring (bicyclic) bond motifs is 1. The second kappa shape index (κ2) is 7.51. The molecule has 148 valence electrons. The van der Waals surface area contributed by atoms with Crippen LogP contribution < -0.4 is 21.1 Å². The number of hydrogen-bond donors (Lipinski definition) is 4. The normalized spacial score (nSPS) is 15.0. The first-order valence-electron chi connectivity index (χ1n) is 8.99. The van der Waals surface area contributed by atoms with Gasteiger partial charge in [0.15, 0.2) is 0 Å². The Morgan fingerprint density at radius 3 is 2.62 bits per heavy atom. The molecule has 0 fully saturated rings. The fourth-order valence-corrected chi connectivity index (χ4v) is 3.18. The molecule has 0 saturated heterocycles. The van der Waals surface area contributed by atoms with E-state index in [1.807, 2.05) is 47.5 Å². The zero-order valence-corrected chi connectivity index (χ0v) is 15.8. The predicted molar refractivity (Wildman–Crippen MR) is 110 cm³/mol. The molecule has 1 amide bonds. The highest BCUT2D eigenvalue weighted by molar-refractivity contribution is 5.79. The van der Waals surface area contributed by atoms with Gasteiger partial charge in [-0.05, 0) is 36.4 Å². The van der Waals surface area contributed by atoms with Gasteiger partial charge in [0.1, 0.15) is 29.7 Å². The molecule has 8 heteroatoms. The zero-order valence-electron chi connectivity index (χ0n) is 15.8. The molecule has 0 aliphatic carbocycles. The third-order valence-corrected chi connectivity index (χ3v) is 4.55. The van der Waals surface area contributed by atoms with Crippen LogP contribution in [-0.2, 0) is 4.79 Å². The number of nitrogens with two attached hydrogens (primary N) is 1. The summed E-state index contributed by atoms with van der Waals surface area (Å²) in [5.74, 6) is 1.95. The highest BCUT2D eigenvalue weighted by atomic mass is 16.5. The number of phenols is 1. The Morgan fingerprint density at radius 2 is 1.93 bits per heavy atom. The summed E-state index contributed by atoms with van der Waals surface area (Å²) in [4.78, 5) is 14.9. The molecule has 5 N–H and O–H groups in total. The molecular weight excluding hydrogens is 370 g/mol. The van der Waals surface area contributed by atoms with Crippen LogP contribution in [0.2, 0.25) is 0 Å². The average Bonchev–Trinajstić information content (AvgIpc) is 3.06. The summed E-state index contributed by atoms with van der Waals surface area (Å²) < 4.78 is 5.22. The van der Waals surface area contributed by atoms with E-state index in [1.165, 1.54) is 0 Å². The number of aromatic hydroxyl groups is 1. The second-order valence-electron chi connectivity index (χ2n) is 6.54. The van der Waals surface area contributed by atoms with Crippen LogP contribution in [0.15, 0.2) is 78.8 Å². The van der Waals surface area contributed by atoms with Crippen molar-refractivity contribution < 1.29 is 14.6 Å². The number of hydrogen-bond acceptors (Lipinski definition) is 7. The summed E-state index contributed by atoms with van der Waals surface area (Å²) in [6.45, 7) is 0.0721. The van der Waals surface area contributed by atoms with Crippen molar-refractivity contribution in [2.24, 2.45) is 5.73 Å². The molecule has 2 aliphatic heterocycles. The van der Waals surface area contributed by atoms with Gasteiger partial charge in [0.05, 0.1) is 12.8 Å². The van der Waals surface area contributed by atoms with Gasteiger partial charge in [0, 0.05) is 29.9 Å². The van der Waals surface area contributed by atoms with E-state index in [0.29, 0.717) is 11.3 Å². The molecule has 2 aliphatic rings. The van der Waals surface area contributed by atoms with E-state index in [0.717, 1.165) is 23.1 Å². The van der Waals surface area contributed by atoms with Crippen molar-refractivity contribution in [1.29, 1.82) is 0 Å². The van der Waals surface area contributed by atoms with Crippen LogP contribution in [0.5, 0.6) is 11.5 Å². The van der Waals surface area contributed by atoms with Crippen molar-refractivity contribution in [3.8, 4) is 11.5 Å². The van der Waals surface area contributed by atoms with Gasteiger partial charge < -0.3 is 31.1 Å². The first-order chi connectivity index (χ1) is 14.0. The monoisotopic (exact) mass is 391 g/mol. The number of ether oxygens (including phenoxy) is 1. The maximum absolute atomic E-state index is 11.3. The molecule has 0 atom stereocenters. The average molecular weight is 391 g/mol. The van der Waals surface area contributed by atoms with E-state index in [4.69, 9.17) is 10.5 Å². The van der Waals surface area contributed by atoms with Gasteiger partial charge in [-0.2, -0.15) is 0 Å². The third-order valence-electron chi connectivity index (χ3n) is 4.55. The van der Waals surface area contributed by atoms with Crippen molar-refractivity contribution in [2.75, 3.05) is 19.0 Å². The molecule has 0 spiro atoms. The SMILES string of the molecule is COc1ccc(NC2=C(c3ccccc3O)NC3=CN(CC(N)=O)C=CN32)cc1. The number of anilines is 1. The van der Waals surface area contributed by atoms with Gasteiger partial charge >= 0.3 is 0 Å². The van der Waals surface area contributed by atoms with E-state index in [1.54, 1.807) is 36.5 Å². The Balaban J connectivity index is 1.72. The van der Waals surface area contributed by atoms with E-state index in [-0.39, 0.29) is 12.3 Å². The van der Waals surface area contributed by atoms with E-state index in [9.17, 15) is 9.90 Å². The van der Waals surface area contributed by atoms with Crippen LogP contribution in [0.25, 0.3) is 5.70 Å². The fraction of sp³-hybridized carbons (Fsp3) is 0.0952. The Kier molecular flexibility index (Phi) is 4.74. The van der Waals surface area contributed by atoms with Crippen molar-refractivity contribution in [1.82, 2.24) is 15.1 Å². The summed E-state index contributed by atoms with van der Waals surface area (Å²) >= 11 is 0. The molecule has 2 aromatic rings. The Morgan fingerprint density at radius 1 is 1.17 bits per heavy atom. The topological polar surface area (TPSA) is 103 Å². The van der Waals surface area contributed by atoms with Crippen LogP contribution in [0.4, 0.5) is 5.69 Å². The number of amides is 1. The van der Waals surface area contributed by atoms with Crippen LogP contribution in [0, 0.1) is 0 Å². The largest absolute Gasteiger partial charge is 0.507 e. The number of para-hydroxylation sites is 1. The molecule has 2 heterocycles. The summed E-state index contributed by atoms with van der Waals surface area (Å²) in [5, 5.41) is 17.1. The Bertz CT molecular complexity index is 1030. The minimum absolute atomic E-state index is 0.0721. The first-order valence-corrected chi connectivity index (χ1v) is 8.99. The lowest BCUT2D eigenvalue weighted by atomic mass is 10.1. The zero-order chi connectivity index (χ0) is 20.4. The molecular formula is C21H21N5O3. The molecule has 0 bridgehead atoms. The highest BCUT2D eigenvalue weighted by Gasteiger charge is 2.30. The number of benzene rings is 2. The molecule has 0 unspecified atom stereocenters. The lowest BCUT2D eigenvalue weighted by molar-refractivity contribution is -0.118. The summed E-state index contributed by atoms with van der Waals surface area (Å²) in [7, 11) is 1.62. The van der Waals surface area contributed by atoms with Crippen molar-refractivity contribution in [3.05, 3.63) is 84.3 Å². The van der Waals surface area contributed by atoms with Crippen LogP contribution in [0.3, 0.4) is 0 Å². The molecule has 0 aromatic heterocycles. The van der Waals surface area contributed by atoms with Gasteiger partial charge in [-0.3, -0.25) is 9.69 Å². The Labute approximate surface area is 168 Å². The highest BCUT2D eigenvalue weighted by Crippen LogP contribution is 2.36. The molecule has 4 rings (SSSR count). The van der Waals surface area contributed by atoms with Crippen LogP contribution in [-0.4, -0.2) is 34.5 Å². The van der Waals surface area contributed by atoms with E-state index < -0.39 is 5.91 Å². The molecule has 2 aromatic carbocycles. The summed E-state index contributed by atoms with van der Waals surface area (Å²) in [6, 6.07) is 14.6. The summed E-state index contributed by atoms with van der Waals surface area (Å²) in [5.41, 5.74) is 7.51.